The molecule has 0 saturated carbocycles. The lowest BCUT2D eigenvalue weighted by Gasteiger charge is -2.16. The first-order valence-electron chi connectivity index (χ1n) is 6.80. The highest BCUT2D eigenvalue weighted by Gasteiger charge is 2.32. The van der Waals surface area contributed by atoms with Gasteiger partial charge in [0.15, 0.2) is 0 Å². The number of hydrogen-bond acceptors (Lipinski definition) is 4. The van der Waals surface area contributed by atoms with Gasteiger partial charge < -0.3 is 9.42 Å². The molecule has 1 amide bonds. The van der Waals surface area contributed by atoms with E-state index in [1.165, 1.54) is 0 Å². The van der Waals surface area contributed by atoms with E-state index < -0.39 is 0 Å². The summed E-state index contributed by atoms with van der Waals surface area (Å²) < 4.78 is 5.08. The average Bonchev–Trinajstić information content (AvgIpc) is 3.10. The molecule has 20 heavy (non-hydrogen) atoms. The number of aromatic nitrogens is 3. The van der Waals surface area contributed by atoms with E-state index in [0.29, 0.717) is 29.5 Å². The Balaban J connectivity index is 1.78. The van der Waals surface area contributed by atoms with Gasteiger partial charge in [0.2, 0.25) is 0 Å². The summed E-state index contributed by atoms with van der Waals surface area (Å²) in [6.45, 7) is 7.09. The second-order valence-corrected chi connectivity index (χ2v) is 5.40. The Morgan fingerprint density at radius 3 is 2.85 bits per heavy atom. The Morgan fingerprint density at radius 1 is 1.45 bits per heavy atom. The minimum atomic E-state index is 0.0147. The van der Waals surface area contributed by atoms with Crippen LogP contribution in [-0.4, -0.2) is 39.3 Å². The number of aryl methyl sites for hydroxylation is 3. The van der Waals surface area contributed by atoms with Gasteiger partial charge in [-0.3, -0.25) is 9.89 Å². The van der Waals surface area contributed by atoms with Gasteiger partial charge in [-0.2, -0.15) is 5.10 Å². The lowest BCUT2D eigenvalue weighted by molar-refractivity contribution is 0.0788. The molecule has 2 aromatic heterocycles. The van der Waals surface area contributed by atoms with Gasteiger partial charge in [-0.15, -0.1) is 0 Å². The van der Waals surface area contributed by atoms with E-state index in [1.807, 2.05) is 18.0 Å². The van der Waals surface area contributed by atoms with Crippen LogP contribution in [0.1, 0.15) is 45.4 Å². The Morgan fingerprint density at radius 2 is 2.25 bits per heavy atom. The average molecular weight is 274 g/mol. The van der Waals surface area contributed by atoms with Crippen LogP contribution in [0.4, 0.5) is 0 Å². The fraction of sp³-hybridized carbons (Fsp3) is 0.500. The number of hydrogen-bond donors (Lipinski definition) is 1. The molecule has 1 fully saturated rings. The molecular formula is C14H18N4O2. The van der Waals surface area contributed by atoms with E-state index in [0.717, 1.165) is 24.2 Å². The molecule has 106 valence electrons. The van der Waals surface area contributed by atoms with Crippen molar-refractivity contribution >= 4 is 5.91 Å². The van der Waals surface area contributed by atoms with Gasteiger partial charge in [-0.05, 0) is 32.8 Å². The standard InChI is InChI=1S/C14H18N4O2/c1-8-6-15-16-13(8)11-4-5-18(7-11)14(19)12-9(2)17-20-10(12)3/h6,11H,4-5,7H2,1-3H3,(H,15,16)/t11-/m0/s1. The molecular weight excluding hydrogens is 256 g/mol. The first kappa shape index (κ1) is 12.9. The molecule has 1 atom stereocenters. The van der Waals surface area contributed by atoms with Crippen molar-refractivity contribution in [1.29, 1.82) is 0 Å². The van der Waals surface area contributed by atoms with Crippen molar-refractivity contribution in [1.82, 2.24) is 20.3 Å². The van der Waals surface area contributed by atoms with Crippen LogP contribution in [-0.2, 0) is 0 Å². The number of H-pyrrole nitrogens is 1. The molecule has 0 radical (unpaired) electrons. The van der Waals surface area contributed by atoms with Crippen LogP contribution in [0, 0.1) is 20.8 Å². The Bertz CT molecular complexity index is 624. The summed E-state index contributed by atoms with van der Waals surface area (Å²) in [7, 11) is 0. The zero-order valence-electron chi connectivity index (χ0n) is 11.9. The van der Waals surface area contributed by atoms with Gasteiger partial charge in [0, 0.05) is 24.7 Å². The van der Waals surface area contributed by atoms with E-state index in [4.69, 9.17) is 4.52 Å². The van der Waals surface area contributed by atoms with E-state index in [2.05, 4.69) is 15.4 Å². The molecule has 2 aromatic rings. The Kier molecular flexibility index (Phi) is 3.08. The summed E-state index contributed by atoms with van der Waals surface area (Å²) >= 11 is 0. The number of carbonyl (C=O) groups excluding carboxylic acids is 1. The number of carbonyl (C=O) groups is 1. The van der Waals surface area contributed by atoms with Gasteiger partial charge in [0.05, 0.1) is 11.9 Å². The number of amides is 1. The molecule has 1 saturated heterocycles. The van der Waals surface area contributed by atoms with Gasteiger partial charge in [-0.25, -0.2) is 0 Å². The number of nitrogens with one attached hydrogen (secondary N) is 1. The number of likely N-dealkylation sites (tertiary alicyclic amines) is 1. The van der Waals surface area contributed by atoms with E-state index in [1.54, 1.807) is 13.8 Å². The fourth-order valence-electron chi connectivity index (χ4n) is 2.90. The number of rotatable bonds is 2. The van der Waals surface area contributed by atoms with Crippen molar-refractivity contribution in [3.63, 3.8) is 0 Å². The van der Waals surface area contributed by atoms with Crippen LogP contribution in [0.3, 0.4) is 0 Å². The SMILES string of the molecule is Cc1cn[nH]c1[C@H]1CCN(C(=O)c2c(C)noc2C)C1. The summed E-state index contributed by atoms with van der Waals surface area (Å²) in [5, 5.41) is 11.0. The quantitative estimate of drug-likeness (QED) is 0.908. The molecule has 6 heteroatoms. The van der Waals surface area contributed by atoms with Crippen LogP contribution in [0.25, 0.3) is 0 Å². The molecule has 6 nitrogen and oxygen atoms in total. The normalized spacial score (nSPS) is 18.8. The third kappa shape index (κ3) is 2.01. The highest BCUT2D eigenvalue weighted by atomic mass is 16.5. The van der Waals surface area contributed by atoms with Crippen molar-refractivity contribution in [2.24, 2.45) is 0 Å². The van der Waals surface area contributed by atoms with Crippen molar-refractivity contribution in [3.8, 4) is 0 Å². The summed E-state index contributed by atoms with van der Waals surface area (Å²) in [4.78, 5) is 14.4. The Hall–Kier alpha value is -2.11. The highest BCUT2D eigenvalue weighted by Crippen LogP contribution is 2.29. The predicted octanol–water partition coefficient (Wildman–Crippen LogP) is 1.95. The largest absolute Gasteiger partial charge is 0.361 e. The zero-order valence-corrected chi connectivity index (χ0v) is 11.9. The maximum Gasteiger partial charge on any atom is 0.259 e. The second kappa shape index (κ2) is 4.77. The number of nitrogens with zero attached hydrogens (tertiary/aromatic N) is 3. The van der Waals surface area contributed by atoms with E-state index in [9.17, 15) is 4.79 Å². The zero-order chi connectivity index (χ0) is 14.3. The monoisotopic (exact) mass is 274 g/mol. The van der Waals surface area contributed by atoms with E-state index in [-0.39, 0.29) is 5.91 Å². The molecule has 0 aliphatic carbocycles. The highest BCUT2D eigenvalue weighted by molar-refractivity contribution is 5.96. The topological polar surface area (TPSA) is 75.0 Å². The summed E-state index contributed by atoms with van der Waals surface area (Å²) in [5.74, 6) is 0.941. The minimum absolute atomic E-state index is 0.0147. The van der Waals surface area contributed by atoms with Crippen molar-refractivity contribution in [2.45, 2.75) is 33.1 Å². The predicted molar refractivity (Wildman–Crippen MR) is 72.6 cm³/mol. The second-order valence-electron chi connectivity index (χ2n) is 5.40. The first-order chi connectivity index (χ1) is 9.58. The van der Waals surface area contributed by atoms with Gasteiger partial charge >= 0.3 is 0 Å². The molecule has 3 heterocycles. The van der Waals surface area contributed by atoms with Crippen LogP contribution in [0.2, 0.25) is 0 Å². The summed E-state index contributed by atoms with van der Waals surface area (Å²) in [5.41, 5.74) is 3.56. The summed E-state index contributed by atoms with van der Waals surface area (Å²) in [6.07, 6.45) is 2.78. The van der Waals surface area contributed by atoms with Gasteiger partial charge in [0.1, 0.15) is 11.3 Å². The Labute approximate surface area is 117 Å². The third-order valence-electron chi connectivity index (χ3n) is 4.00. The smallest absolute Gasteiger partial charge is 0.259 e. The van der Waals surface area contributed by atoms with E-state index >= 15 is 0 Å². The van der Waals surface area contributed by atoms with Gasteiger partial charge in [-0.1, -0.05) is 5.16 Å². The molecule has 0 spiro atoms. The summed E-state index contributed by atoms with van der Waals surface area (Å²) in [6, 6.07) is 0. The molecule has 1 aliphatic rings. The third-order valence-corrected chi connectivity index (χ3v) is 4.00. The van der Waals surface area contributed by atoms with Crippen molar-refractivity contribution < 1.29 is 9.32 Å². The lowest BCUT2D eigenvalue weighted by Crippen LogP contribution is -2.29. The molecule has 1 aliphatic heterocycles. The van der Waals surface area contributed by atoms with Gasteiger partial charge in [0.25, 0.3) is 5.91 Å². The minimum Gasteiger partial charge on any atom is -0.361 e. The molecule has 3 rings (SSSR count). The first-order valence-corrected chi connectivity index (χ1v) is 6.80. The fourth-order valence-corrected chi connectivity index (χ4v) is 2.90. The van der Waals surface area contributed by atoms with Crippen LogP contribution in [0.5, 0.6) is 0 Å². The molecule has 0 aromatic carbocycles. The van der Waals surface area contributed by atoms with Crippen LogP contribution < -0.4 is 0 Å². The molecule has 0 unspecified atom stereocenters. The maximum atomic E-state index is 12.5. The number of aromatic amines is 1. The van der Waals surface area contributed by atoms with Crippen molar-refractivity contribution in [3.05, 3.63) is 34.5 Å². The lowest BCUT2D eigenvalue weighted by atomic mass is 10.0. The van der Waals surface area contributed by atoms with Crippen LogP contribution >= 0.6 is 0 Å². The molecule has 0 bridgehead atoms. The van der Waals surface area contributed by atoms with Crippen LogP contribution in [0.15, 0.2) is 10.7 Å². The maximum absolute atomic E-state index is 12.5. The molecule has 1 N–H and O–H groups in total. The van der Waals surface area contributed by atoms with Crippen molar-refractivity contribution in [2.75, 3.05) is 13.1 Å².